The van der Waals surface area contributed by atoms with Crippen molar-refractivity contribution in [2.45, 2.75) is 13.0 Å². The van der Waals surface area contributed by atoms with E-state index in [1.807, 2.05) is 24.3 Å². The molecule has 0 aliphatic carbocycles. The van der Waals surface area contributed by atoms with E-state index in [9.17, 15) is 0 Å². The van der Waals surface area contributed by atoms with Crippen molar-refractivity contribution in [3.63, 3.8) is 0 Å². The second-order valence-corrected chi connectivity index (χ2v) is 3.57. The van der Waals surface area contributed by atoms with Gasteiger partial charge in [-0.05, 0) is 17.5 Å². The van der Waals surface area contributed by atoms with Gasteiger partial charge in [-0.1, -0.05) is 52.3 Å². The molecule has 0 heterocycles. The first kappa shape index (κ1) is 10.5. The first-order valence-electron chi connectivity index (χ1n) is 4.29. The fourth-order valence-electron chi connectivity index (χ4n) is 1.02. The van der Waals surface area contributed by atoms with E-state index in [1.54, 1.807) is 0 Å². The SMILES string of the molecule is OCc1ccc(C=CCCBr)cc1. The summed E-state index contributed by atoms with van der Waals surface area (Å²) in [6.45, 7) is 0.116. The molecule has 0 spiro atoms. The summed E-state index contributed by atoms with van der Waals surface area (Å²) in [5, 5.41) is 9.82. The minimum absolute atomic E-state index is 0.116. The van der Waals surface area contributed by atoms with Gasteiger partial charge in [-0.2, -0.15) is 0 Å². The van der Waals surface area contributed by atoms with Crippen molar-refractivity contribution in [1.29, 1.82) is 0 Å². The molecule has 0 saturated carbocycles. The van der Waals surface area contributed by atoms with Crippen LogP contribution in [0.3, 0.4) is 0 Å². The summed E-state index contributed by atoms with van der Waals surface area (Å²) < 4.78 is 0. The van der Waals surface area contributed by atoms with E-state index in [2.05, 4.69) is 28.1 Å². The molecule has 0 radical (unpaired) electrons. The summed E-state index contributed by atoms with van der Waals surface area (Å²) in [7, 11) is 0. The van der Waals surface area contributed by atoms with Gasteiger partial charge in [-0.3, -0.25) is 0 Å². The fourth-order valence-corrected chi connectivity index (χ4v) is 1.28. The van der Waals surface area contributed by atoms with Crippen molar-refractivity contribution >= 4 is 22.0 Å². The van der Waals surface area contributed by atoms with Crippen molar-refractivity contribution in [1.82, 2.24) is 0 Å². The Kier molecular flexibility index (Phi) is 4.79. The first-order chi connectivity index (χ1) is 6.36. The fraction of sp³-hybridized carbons (Fsp3) is 0.273. The Balaban J connectivity index is 2.58. The lowest BCUT2D eigenvalue weighted by molar-refractivity contribution is 0.282. The molecule has 0 aliphatic heterocycles. The maximum atomic E-state index is 8.82. The van der Waals surface area contributed by atoms with Crippen LogP contribution in [0.5, 0.6) is 0 Å². The largest absolute Gasteiger partial charge is 0.392 e. The third kappa shape index (κ3) is 3.75. The Bertz CT molecular complexity index is 264. The summed E-state index contributed by atoms with van der Waals surface area (Å²) >= 11 is 3.36. The zero-order valence-corrected chi connectivity index (χ0v) is 9.00. The van der Waals surface area contributed by atoms with Gasteiger partial charge in [-0.25, -0.2) is 0 Å². The van der Waals surface area contributed by atoms with Crippen molar-refractivity contribution < 1.29 is 5.11 Å². The smallest absolute Gasteiger partial charge is 0.0681 e. The van der Waals surface area contributed by atoms with Crippen molar-refractivity contribution in [3.8, 4) is 0 Å². The number of aliphatic hydroxyl groups excluding tert-OH is 1. The van der Waals surface area contributed by atoms with Crippen LogP contribution in [0.15, 0.2) is 30.3 Å². The lowest BCUT2D eigenvalue weighted by atomic mass is 10.1. The van der Waals surface area contributed by atoms with Crippen LogP contribution in [0.4, 0.5) is 0 Å². The van der Waals surface area contributed by atoms with Crippen LogP contribution < -0.4 is 0 Å². The van der Waals surface area contributed by atoms with E-state index < -0.39 is 0 Å². The highest BCUT2D eigenvalue weighted by Crippen LogP contribution is 2.06. The van der Waals surface area contributed by atoms with E-state index >= 15 is 0 Å². The average Bonchev–Trinajstić information content (AvgIpc) is 2.19. The van der Waals surface area contributed by atoms with Crippen LogP contribution in [0, 0.1) is 0 Å². The van der Waals surface area contributed by atoms with Crippen LogP contribution in [0.1, 0.15) is 17.5 Å². The molecule has 0 saturated heterocycles. The van der Waals surface area contributed by atoms with Gasteiger partial charge in [0.05, 0.1) is 6.61 Å². The van der Waals surface area contributed by atoms with Crippen LogP contribution >= 0.6 is 15.9 Å². The first-order valence-corrected chi connectivity index (χ1v) is 5.41. The Morgan fingerprint density at radius 1 is 1.23 bits per heavy atom. The van der Waals surface area contributed by atoms with Crippen LogP contribution in [-0.2, 0) is 6.61 Å². The van der Waals surface area contributed by atoms with Gasteiger partial charge in [-0.15, -0.1) is 0 Å². The van der Waals surface area contributed by atoms with E-state index in [0.717, 1.165) is 17.3 Å². The van der Waals surface area contributed by atoms with Gasteiger partial charge in [0.2, 0.25) is 0 Å². The molecule has 0 aliphatic rings. The van der Waals surface area contributed by atoms with Crippen LogP contribution in [-0.4, -0.2) is 10.4 Å². The third-order valence-electron chi connectivity index (χ3n) is 1.75. The van der Waals surface area contributed by atoms with Crippen molar-refractivity contribution in [2.75, 3.05) is 5.33 Å². The molecular formula is C11H13BrO. The molecule has 70 valence electrons. The topological polar surface area (TPSA) is 20.2 Å². The Hall–Kier alpha value is -0.600. The molecule has 13 heavy (non-hydrogen) atoms. The van der Waals surface area contributed by atoms with Gasteiger partial charge in [0, 0.05) is 5.33 Å². The van der Waals surface area contributed by atoms with Crippen molar-refractivity contribution in [3.05, 3.63) is 41.5 Å². The standard InChI is InChI=1S/C11H13BrO/c12-8-2-1-3-10-4-6-11(9-13)7-5-10/h1,3-7,13H,2,8-9H2. The second kappa shape index (κ2) is 5.95. The highest BCUT2D eigenvalue weighted by Gasteiger charge is 1.88. The van der Waals surface area contributed by atoms with Crippen LogP contribution in [0.2, 0.25) is 0 Å². The molecule has 0 atom stereocenters. The number of hydrogen-bond donors (Lipinski definition) is 1. The predicted molar refractivity (Wildman–Crippen MR) is 59.8 cm³/mol. The molecule has 1 nitrogen and oxygen atoms in total. The van der Waals surface area contributed by atoms with E-state index in [0.29, 0.717) is 0 Å². The predicted octanol–water partition coefficient (Wildman–Crippen LogP) is 2.98. The van der Waals surface area contributed by atoms with Gasteiger partial charge in [0.25, 0.3) is 0 Å². The number of aliphatic hydroxyl groups is 1. The number of halogens is 1. The minimum atomic E-state index is 0.116. The number of alkyl halides is 1. The van der Waals surface area contributed by atoms with E-state index in [1.165, 1.54) is 5.56 Å². The lowest BCUT2D eigenvalue weighted by Gasteiger charge is -1.96. The van der Waals surface area contributed by atoms with Crippen molar-refractivity contribution in [2.24, 2.45) is 0 Å². The highest BCUT2D eigenvalue weighted by atomic mass is 79.9. The van der Waals surface area contributed by atoms with Gasteiger partial charge in [0.15, 0.2) is 0 Å². The summed E-state index contributed by atoms with van der Waals surface area (Å²) in [5.74, 6) is 0. The molecule has 1 N–H and O–H groups in total. The highest BCUT2D eigenvalue weighted by molar-refractivity contribution is 9.09. The number of rotatable bonds is 4. The number of allylic oxidation sites excluding steroid dienone is 1. The Labute approximate surface area is 87.2 Å². The Morgan fingerprint density at radius 2 is 1.92 bits per heavy atom. The van der Waals surface area contributed by atoms with Gasteiger partial charge in [0.1, 0.15) is 0 Å². The molecule has 0 aromatic heterocycles. The van der Waals surface area contributed by atoms with Gasteiger partial charge >= 0.3 is 0 Å². The summed E-state index contributed by atoms with van der Waals surface area (Å²) in [5.41, 5.74) is 2.13. The maximum absolute atomic E-state index is 8.82. The molecule has 1 rings (SSSR count). The summed E-state index contributed by atoms with van der Waals surface area (Å²) in [6.07, 6.45) is 5.26. The third-order valence-corrected chi connectivity index (χ3v) is 2.21. The average molecular weight is 241 g/mol. The molecule has 0 amide bonds. The molecule has 1 aromatic carbocycles. The monoisotopic (exact) mass is 240 g/mol. The summed E-state index contributed by atoms with van der Waals surface area (Å²) in [6, 6.07) is 7.90. The lowest BCUT2D eigenvalue weighted by Crippen LogP contribution is -1.81. The zero-order valence-electron chi connectivity index (χ0n) is 7.41. The quantitative estimate of drug-likeness (QED) is 0.803. The van der Waals surface area contributed by atoms with E-state index in [4.69, 9.17) is 5.11 Å². The zero-order chi connectivity index (χ0) is 9.52. The Morgan fingerprint density at radius 3 is 2.46 bits per heavy atom. The van der Waals surface area contributed by atoms with Crippen LogP contribution in [0.25, 0.3) is 6.08 Å². The molecule has 0 bridgehead atoms. The maximum Gasteiger partial charge on any atom is 0.0681 e. The molecule has 2 heteroatoms. The minimum Gasteiger partial charge on any atom is -0.392 e. The molecule has 1 aromatic rings. The molecular weight excluding hydrogens is 228 g/mol. The normalized spacial score (nSPS) is 10.9. The molecule has 0 fully saturated rings. The summed E-state index contributed by atoms with van der Waals surface area (Å²) in [4.78, 5) is 0. The second-order valence-electron chi connectivity index (χ2n) is 2.78. The number of benzene rings is 1. The van der Waals surface area contributed by atoms with E-state index in [-0.39, 0.29) is 6.61 Å². The number of hydrogen-bond acceptors (Lipinski definition) is 1. The van der Waals surface area contributed by atoms with Gasteiger partial charge < -0.3 is 5.11 Å². The molecule has 0 unspecified atom stereocenters.